The van der Waals surface area contributed by atoms with E-state index in [4.69, 9.17) is 34.8 Å². The van der Waals surface area contributed by atoms with Crippen molar-refractivity contribution < 1.29 is 0 Å². The first-order valence-electron chi connectivity index (χ1n) is 7.03. The molecule has 4 heteroatoms. The lowest BCUT2D eigenvalue weighted by Crippen LogP contribution is -2.24. The first-order chi connectivity index (χ1) is 10.1. The molecule has 0 saturated carbocycles. The molecule has 1 nitrogen and oxygen atoms in total. The second-order valence-electron chi connectivity index (χ2n) is 4.97. The zero-order valence-corrected chi connectivity index (χ0v) is 14.1. The van der Waals surface area contributed by atoms with Crippen LogP contribution in [-0.2, 0) is 6.42 Å². The topological polar surface area (TPSA) is 12.0 Å². The molecular formula is C17H18Cl3N. The van der Waals surface area contributed by atoms with Crippen molar-refractivity contribution in [3.8, 4) is 0 Å². The average Bonchev–Trinajstić information content (AvgIpc) is 2.46. The molecule has 112 valence electrons. The third-order valence-electron chi connectivity index (χ3n) is 3.34. The van der Waals surface area contributed by atoms with Crippen LogP contribution in [0, 0.1) is 0 Å². The van der Waals surface area contributed by atoms with Gasteiger partial charge in [-0.3, -0.25) is 0 Å². The normalized spacial score (nSPS) is 12.4. The van der Waals surface area contributed by atoms with Gasteiger partial charge in [-0.2, -0.15) is 0 Å². The van der Waals surface area contributed by atoms with Gasteiger partial charge in [0.25, 0.3) is 0 Å². The minimum atomic E-state index is 0.0901. The molecule has 0 aliphatic carbocycles. The number of hydrogen-bond donors (Lipinski definition) is 1. The summed E-state index contributed by atoms with van der Waals surface area (Å²) >= 11 is 18.6. The van der Waals surface area contributed by atoms with Gasteiger partial charge in [0.05, 0.1) is 0 Å². The first kappa shape index (κ1) is 16.6. The minimum absolute atomic E-state index is 0.0901. The highest BCUT2D eigenvalue weighted by Gasteiger charge is 2.18. The second kappa shape index (κ2) is 8.05. The summed E-state index contributed by atoms with van der Waals surface area (Å²) in [6.07, 6.45) is 1.87. The Morgan fingerprint density at radius 2 is 1.57 bits per heavy atom. The van der Waals surface area contributed by atoms with E-state index in [-0.39, 0.29) is 6.04 Å². The van der Waals surface area contributed by atoms with E-state index in [0.29, 0.717) is 10.0 Å². The van der Waals surface area contributed by atoms with Gasteiger partial charge in [0, 0.05) is 26.7 Å². The molecule has 2 rings (SSSR count). The number of nitrogens with one attached hydrogen (secondary N) is 1. The monoisotopic (exact) mass is 341 g/mol. The fourth-order valence-electron chi connectivity index (χ4n) is 2.29. The molecule has 0 fully saturated rings. The van der Waals surface area contributed by atoms with E-state index >= 15 is 0 Å². The molecule has 0 radical (unpaired) electrons. The van der Waals surface area contributed by atoms with Crippen LogP contribution in [-0.4, -0.2) is 6.54 Å². The Balaban J connectivity index is 2.27. The maximum atomic E-state index is 6.35. The number of rotatable bonds is 6. The summed E-state index contributed by atoms with van der Waals surface area (Å²) in [7, 11) is 0. The van der Waals surface area contributed by atoms with E-state index in [1.54, 1.807) is 0 Å². The van der Waals surface area contributed by atoms with Gasteiger partial charge < -0.3 is 5.32 Å². The van der Waals surface area contributed by atoms with Crippen LogP contribution in [0.1, 0.15) is 30.5 Å². The highest BCUT2D eigenvalue weighted by atomic mass is 35.5. The molecule has 0 amide bonds. The summed E-state index contributed by atoms with van der Waals surface area (Å²) in [5.74, 6) is 0. The lowest BCUT2D eigenvalue weighted by atomic mass is 9.98. The van der Waals surface area contributed by atoms with E-state index in [9.17, 15) is 0 Å². The highest BCUT2D eigenvalue weighted by molar-refractivity contribution is 6.36. The molecular weight excluding hydrogens is 325 g/mol. The van der Waals surface area contributed by atoms with E-state index < -0.39 is 0 Å². The number of halogens is 3. The van der Waals surface area contributed by atoms with Crippen molar-refractivity contribution >= 4 is 34.8 Å². The Labute approximate surface area is 141 Å². The average molecular weight is 343 g/mol. The Kier molecular flexibility index (Phi) is 6.38. The summed E-state index contributed by atoms with van der Waals surface area (Å²) in [6.45, 7) is 3.06. The molecule has 0 saturated heterocycles. The van der Waals surface area contributed by atoms with Crippen molar-refractivity contribution in [2.75, 3.05) is 6.54 Å². The molecule has 2 aromatic carbocycles. The van der Waals surface area contributed by atoms with E-state index in [2.05, 4.69) is 12.2 Å². The van der Waals surface area contributed by atoms with Crippen LogP contribution in [0.25, 0.3) is 0 Å². The molecule has 1 N–H and O–H groups in total. The van der Waals surface area contributed by atoms with Crippen molar-refractivity contribution in [1.29, 1.82) is 0 Å². The van der Waals surface area contributed by atoms with Crippen molar-refractivity contribution in [3.05, 3.63) is 68.7 Å². The highest BCUT2D eigenvalue weighted by Crippen LogP contribution is 2.32. The molecule has 0 aromatic heterocycles. The largest absolute Gasteiger partial charge is 0.310 e. The van der Waals surface area contributed by atoms with Crippen LogP contribution in [0.4, 0.5) is 0 Å². The third kappa shape index (κ3) is 4.62. The summed E-state index contributed by atoms with van der Waals surface area (Å²) in [5.41, 5.74) is 2.16. The SMILES string of the molecule is CCCNC(Cc1ccc(Cl)cc1)c1c(Cl)cccc1Cl. The van der Waals surface area contributed by atoms with Gasteiger partial charge in [0.1, 0.15) is 0 Å². The number of benzene rings is 2. The van der Waals surface area contributed by atoms with Crippen LogP contribution in [0.3, 0.4) is 0 Å². The van der Waals surface area contributed by atoms with Crippen LogP contribution in [0.2, 0.25) is 15.1 Å². The summed E-state index contributed by atoms with van der Waals surface area (Å²) < 4.78 is 0. The maximum absolute atomic E-state index is 6.35. The van der Waals surface area contributed by atoms with Crippen LogP contribution in [0.5, 0.6) is 0 Å². The van der Waals surface area contributed by atoms with Gasteiger partial charge in [-0.15, -0.1) is 0 Å². The summed E-state index contributed by atoms with van der Waals surface area (Å²) in [5, 5.41) is 5.67. The van der Waals surface area contributed by atoms with Gasteiger partial charge in [0.15, 0.2) is 0 Å². The van der Waals surface area contributed by atoms with Crippen LogP contribution in [0.15, 0.2) is 42.5 Å². The summed E-state index contributed by atoms with van der Waals surface area (Å²) in [6, 6.07) is 13.6. The third-order valence-corrected chi connectivity index (χ3v) is 4.25. The molecule has 1 unspecified atom stereocenters. The Bertz CT molecular complexity index is 561. The lowest BCUT2D eigenvalue weighted by molar-refractivity contribution is 0.529. The Morgan fingerprint density at radius 3 is 2.14 bits per heavy atom. The Hall–Kier alpha value is -0.730. The fraction of sp³-hybridized carbons (Fsp3) is 0.294. The quantitative estimate of drug-likeness (QED) is 0.686. The van der Waals surface area contributed by atoms with Crippen molar-refractivity contribution in [2.45, 2.75) is 25.8 Å². The predicted octanol–water partition coefficient (Wildman–Crippen LogP) is 5.93. The van der Waals surface area contributed by atoms with E-state index in [1.165, 1.54) is 5.56 Å². The molecule has 1 atom stereocenters. The second-order valence-corrected chi connectivity index (χ2v) is 6.22. The zero-order chi connectivity index (χ0) is 15.2. The minimum Gasteiger partial charge on any atom is -0.310 e. The van der Waals surface area contributed by atoms with Gasteiger partial charge in [0.2, 0.25) is 0 Å². The lowest BCUT2D eigenvalue weighted by Gasteiger charge is -2.21. The molecule has 21 heavy (non-hydrogen) atoms. The van der Waals surface area contributed by atoms with Gasteiger partial charge in [-0.25, -0.2) is 0 Å². The molecule has 0 aliphatic heterocycles. The number of hydrogen-bond acceptors (Lipinski definition) is 1. The summed E-state index contributed by atoms with van der Waals surface area (Å²) in [4.78, 5) is 0. The van der Waals surface area contributed by atoms with Gasteiger partial charge in [-0.05, 0) is 49.2 Å². The molecule has 0 aliphatic rings. The fourth-order valence-corrected chi connectivity index (χ4v) is 3.08. The molecule has 0 bridgehead atoms. The van der Waals surface area contributed by atoms with Crippen LogP contribution < -0.4 is 5.32 Å². The zero-order valence-electron chi connectivity index (χ0n) is 11.9. The first-order valence-corrected chi connectivity index (χ1v) is 8.17. The van der Waals surface area contributed by atoms with E-state index in [0.717, 1.165) is 30.0 Å². The molecule has 0 spiro atoms. The van der Waals surface area contributed by atoms with Crippen LogP contribution >= 0.6 is 34.8 Å². The van der Waals surface area contributed by atoms with Crippen molar-refractivity contribution in [3.63, 3.8) is 0 Å². The van der Waals surface area contributed by atoms with Crippen molar-refractivity contribution in [2.24, 2.45) is 0 Å². The predicted molar refractivity (Wildman–Crippen MR) is 92.7 cm³/mol. The standard InChI is InChI=1S/C17H18Cl3N/c1-2-10-21-16(11-12-6-8-13(18)9-7-12)17-14(19)4-3-5-15(17)20/h3-9,16,21H,2,10-11H2,1H3. The Morgan fingerprint density at radius 1 is 0.952 bits per heavy atom. The molecule has 2 aromatic rings. The smallest absolute Gasteiger partial charge is 0.0468 e. The van der Waals surface area contributed by atoms with Gasteiger partial charge in [-0.1, -0.05) is 59.9 Å². The van der Waals surface area contributed by atoms with Gasteiger partial charge >= 0.3 is 0 Å². The van der Waals surface area contributed by atoms with E-state index in [1.807, 2.05) is 42.5 Å². The van der Waals surface area contributed by atoms with Crippen molar-refractivity contribution in [1.82, 2.24) is 5.32 Å². The maximum Gasteiger partial charge on any atom is 0.0468 e. The molecule has 0 heterocycles.